The van der Waals surface area contributed by atoms with Gasteiger partial charge in [-0.2, -0.15) is 0 Å². The summed E-state index contributed by atoms with van der Waals surface area (Å²) in [7, 11) is 0. The Morgan fingerprint density at radius 1 is 0.328 bits per heavy atom. The molecule has 0 unspecified atom stereocenters. The summed E-state index contributed by atoms with van der Waals surface area (Å²) in [5.41, 5.74) is 0. The molecule has 0 fully saturated rings. The molecule has 0 saturated carbocycles. The van der Waals surface area contributed by atoms with E-state index in [1.54, 1.807) is 0 Å². The van der Waals surface area contributed by atoms with Crippen LogP contribution < -0.4 is 0 Å². The maximum Gasteiger partial charge on any atom is 0.306 e. The van der Waals surface area contributed by atoms with Crippen LogP contribution in [0.3, 0.4) is 0 Å². The number of unbranched alkanes of at least 4 members (excludes halogenated alkanes) is 34. The van der Waals surface area contributed by atoms with Gasteiger partial charge >= 0.3 is 17.9 Å². The minimum Gasteiger partial charge on any atom is -0.462 e. The quantitative estimate of drug-likeness (QED) is 0.0346. The first kappa shape index (κ1) is 56.4. The van der Waals surface area contributed by atoms with E-state index in [1.165, 1.54) is 186 Å². The molecule has 0 saturated heterocycles. The van der Waals surface area contributed by atoms with Crippen molar-refractivity contribution in [3.63, 3.8) is 0 Å². The summed E-state index contributed by atoms with van der Waals surface area (Å²) in [5.74, 6) is -0.0494. The normalized spacial score (nSPS) is 11.9. The predicted octanol–water partition coefficient (Wildman–Crippen LogP) is 16.7. The maximum atomic E-state index is 12.8. The van der Waals surface area contributed by atoms with Crippen molar-refractivity contribution < 1.29 is 28.6 Å². The highest BCUT2D eigenvalue weighted by Crippen LogP contribution is 2.17. The molecule has 0 aliphatic rings. The molecule has 0 aromatic heterocycles. The SMILES string of the molecule is CCCCCCCCCCCCCCCCCCC(=O)O[C@@H](COC(=O)CCCCCCCCCCCCCCC)COC(=O)CCCCCCCCCCC(C)C. The molecular weight excluding hydrogens is 721 g/mol. The van der Waals surface area contributed by atoms with E-state index in [0.717, 1.165) is 63.7 Å². The van der Waals surface area contributed by atoms with Crippen molar-refractivity contribution in [3.8, 4) is 0 Å². The van der Waals surface area contributed by atoms with Gasteiger partial charge < -0.3 is 14.2 Å². The first-order chi connectivity index (χ1) is 28.4. The van der Waals surface area contributed by atoms with E-state index in [0.29, 0.717) is 19.3 Å². The molecule has 0 spiro atoms. The van der Waals surface area contributed by atoms with E-state index in [4.69, 9.17) is 14.2 Å². The van der Waals surface area contributed by atoms with Crippen molar-refractivity contribution in [3.05, 3.63) is 0 Å². The van der Waals surface area contributed by atoms with Crippen LogP contribution in [0.2, 0.25) is 0 Å². The van der Waals surface area contributed by atoms with E-state index in [2.05, 4.69) is 27.7 Å². The van der Waals surface area contributed by atoms with Gasteiger partial charge in [0.25, 0.3) is 0 Å². The molecule has 0 radical (unpaired) electrons. The largest absolute Gasteiger partial charge is 0.462 e. The fraction of sp³-hybridized carbons (Fsp3) is 0.942. The lowest BCUT2D eigenvalue weighted by molar-refractivity contribution is -0.167. The van der Waals surface area contributed by atoms with Crippen LogP contribution in [-0.4, -0.2) is 37.2 Å². The second-order valence-electron chi connectivity index (χ2n) is 18.3. The monoisotopic (exact) mass is 821 g/mol. The Bertz CT molecular complexity index is 872. The van der Waals surface area contributed by atoms with E-state index in [-0.39, 0.29) is 31.1 Å². The molecule has 0 rings (SSSR count). The van der Waals surface area contributed by atoms with Crippen molar-refractivity contribution in [2.75, 3.05) is 13.2 Å². The Morgan fingerprint density at radius 2 is 0.569 bits per heavy atom. The Labute approximate surface area is 361 Å². The third-order valence-electron chi connectivity index (χ3n) is 11.8. The number of ether oxygens (including phenoxy) is 3. The Kier molecular flexibility index (Phi) is 45.2. The summed E-state index contributed by atoms with van der Waals surface area (Å²) in [4.78, 5) is 37.9. The van der Waals surface area contributed by atoms with Gasteiger partial charge in [0.15, 0.2) is 6.10 Å². The average Bonchev–Trinajstić information content (AvgIpc) is 3.21. The van der Waals surface area contributed by atoms with Crippen LogP contribution in [-0.2, 0) is 28.6 Å². The first-order valence-corrected chi connectivity index (χ1v) is 25.9. The van der Waals surface area contributed by atoms with Gasteiger partial charge in [-0.05, 0) is 25.2 Å². The molecule has 0 aliphatic heterocycles. The fourth-order valence-electron chi connectivity index (χ4n) is 7.86. The maximum absolute atomic E-state index is 12.8. The molecule has 6 heteroatoms. The smallest absolute Gasteiger partial charge is 0.306 e. The second-order valence-corrected chi connectivity index (χ2v) is 18.3. The molecule has 0 N–H and O–H groups in total. The summed E-state index contributed by atoms with van der Waals surface area (Å²) >= 11 is 0. The molecule has 58 heavy (non-hydrogen) atoms. The van der Waals surface area contributed by atoms with Crippen LogP contribution in [0.25, 0.3) is 0 Å². The average molecular weight is 821 g/mol. The number of esters is 3. The number of carbonyl (C=O) groups is 3. The highest BCUT2D eigenvalue weighted by atomic mass is 16.6. The Morgan fingerprint density at radius 3 is 0.845 bits per heavy atom. The molecule has 0 amide bonds. The van der Waals surface area contributed by atoms with Crippen LogP contribution >= 0.6 is 0 Å². The molecule has 6 nitrogen and oxygen atoms in total. The summed E-state index contributed by atoms with van der Waals surface area (Å²) in [5, 5.41) is 0. The zero-order valence-electron chi connectivity index (χ0n) is 39.5. The molecule has 0 aromatic carbocycles. The van der Waals surface area contributed by atoms with E-state index in [9.17, 15) is 14.4 Å². The number of rotatable bonds is 47. The standard InChI is InChI=1S/C52H100O6/c1-5-7-9-11-13-15-17-19-20-21-23-25-27-33-37-41-45-52(55)58-49(47-57-51(54)44-40-36-32-29-28-30-34-38-42-48(3)4)46-56-50(53)43-39-35-31-26-24-22-18-16-14-12-10-8-6-2/h48-49H,5-47H2,1-4H3/t49-/m0/s1. The topological polar surface area (TPSA) is 78.9 Å². The first-order valence-electron chi connectivity index (χ1n) is 25.9. The zero-order chi connectivity index (χ0) is 42.4. The number of hydrogen-bond donors (Lipinski definition) is 0. The van der Waals surface area contributed by atoms with Crippen LogP contribution in [0.5, 0.6) is 0 Å². The van der Waals surface area contributed by atoms with E-state index < -0.39 is 6.10 Å². The van der Waals surface area contributed by atoms with Crippen LogP contribution in [0.4, 0.5) is 0 Å². The Hall–Kier alpha value is -1.59. The highest BCUT2D eigenvalue weighted by Gasteiger charge is 2.19. The molecule has 0 aliphatic carbocycles. The van der Waals surface area contributed by atoms with Gasteiger partial charge in [-0.1, -0.05) is 252 Å². The van der Waals surface area contributed by atoms with E-state index >= 15 is 0 Å². The molecule has 0 bridgehead atoms. The van der Waals surface area contributed by atoms with Crippen molar-refractivity contribution >= 4 is 17.9 Å². The summed E-state index contributed by atoms with van der Waals surface area (Å²) in [6, 6.07) is 0. The van der Waals surface area contributed by atoms with Gasteiger partial charge in [0.1, 0.15) is 13.2 Å². The number of hydrogen-bond acceptors (Lipinski definition) is 6. The minimum absolute atomic E-state index is 0.0631. The van der Waals surface area contributed by atoms with Gasteiger partial charge in [0, 0.05) is 19.3 Å². The summed E-state index contributed by atoms with van der Waals surface area (Å²) in [6.45, 7) is 8.99. The highest BCUT2D eigenvalue weighted by molar-refractivity contribution is 5.71. The minimum atomic E-state index is -0.760. The lowest BCUT2D eigenvalue weighted by Gasteiger charge is -2.18. The predicted molar refractivity (Wildman–Crippen MR) is 247 cm³/mol. The third kappa shape index (κ3) is 45.5. The van der Waals surface area contributed by atoms with Crippen LogP contribution in [0, 0.1) is 5.92 Å². The van der Waals surface area contributed by atoms with Crippen molar-refractivity contribution in [2.24, 2.45) is 5.92 Å². The molecule has 0 heterocycles. The fourth-order valence-corrected chi connectivity index (χ4v) is 7.86. The molecule has 0 aromatic rings. The second kappa shape index (κ2) is 46.5. The summed E-state index contributed by atoms with van der Waals surface area (Å²) < 4.78 is 16.8. The molecular formula is C52H100O6. The van der Waals surface area contributed by atoms with Crippen molar-refractivity contribution in [1.82, 2.24) is 0 Å². The third-order valence-corrected chi connectivity index (χ3v) is 11.8. The lowest BCUT2D eigenvalue weighted by atomic mass is 10.0. The van der Waals surface area contributed by atoms with Crippen molar-refractivity contribution in [1.29, 1.82) is 0 Å². The molecule has 344 valence electrons. The Balaban J connectivity index is 4.30. The van der Waals surface area contributed by atoms with Gasteiger partial charge in [-0.3, -0.25) is 14.4 Å². The van der Waals surface area contributed by atoms with Gasteiger partial charge in [-0.25, -0.2) is 0 Å². The van der Waals surface area contributed by atoms with Crippen LogP contribution in [0.1, 0.15) is 291 Å². The zero-order valence-corrected chi connectivity index (χ0v) is 39.5. The van der Waals surface area contributed by atoms with Crippen molar-refractivity contribution in [2.45, 2.75) is 297 Å². The van der Waals surface area contributed by atoms with Gasteiger partial charge in [0.05, 0.1) is 0 Å². The number of carbonyl (C=O) groups excluding carboxylic acids is 3. The van der Waals surface area contributed by atoms with Gasteiger partial charge in [0.2, 0.25) is 0 Å². The van der Waals surface area contributed by atoms with Gasteiger partial charge in [-0.15, -0.1) is 0 Å². The van der Waals surface area contributed by atoms with Crippen LogP contribution in [0.15, 0.2) is 0 Å². The summed E-state index contributed by atoms with van der Waals surface area (Å²) in [6.07, 6.45) is 48.0. The lowest BCUT2D eigenvalue weighted by Crippen LogP contribution is -2.30. The van der Waals surface area contributed by atoms with E-state index in [1.807, 2.05) is 0 Å². The molecule has 1 atom stereocenters.